The van der Waals surface area contributed by atoms with Crippen molar-refractivity contribution in [3.05, 3.63) is 47.9 Å². The van der Waals surface area contributed by atoms with Gasteiger partial charge < -0.3 is 19.7 Å². The third kappa shape index (κ3) is 4.61. The van der Waals surface area contributed by atoms with Gasteiger partial charge in [-0.05, 0) is 62.6 Å². The number of carbonyl (C=O) groups excluding carboxylic acids is 1. The lowest BCUT2D eigenvalue weighted by Crippen LogP contribution is -2.53. The summed E-state index contributed by atoms with van der Waals surface area (Å²) in [4.78, 5) is 33.6. The maximum atomic E-state index is 12.4. The zero-order chi connectivity index (χ0) is 23.9. The minimum absolute atomic E-state index is 0.287. The number of rotatable bonds is 6. The van der Waals surface area contributed by atoms with Crippen LogP contribution >= 0.6 is 0 Å². The number of aromatic amines is 1. The van der Waals surface area contributed by atoms with E-state index in [1.54, 1.807) is 6.92 Å². The van der Waals surface area contributed by atoms with Crippen LogP contribution in [0.25, 0.3) is 22.5 Å². The van der Waals surface area contributed by atoms with Crippen LogP contribution in [0.5, 0.6) is 0 Å². The number of anilines is 2. The molecule has 6 rings (SSSR count). The van der Waals surface area contributed by atoms with Crippen LogP contribution in [0.2, 0.25) is 0 Å². The molecule has 2 fully saturated rings. The maximum Gasteiger partial charge on any atom is 0.257 e. The van der Waals surface area contributed by atoms with Crippen molar-refractivity contribution in [3.8, 4) is 11.5 Å². The first-order chi connectivity index (χ1) is 17.0. The number of hydrogen-bond acceptors (Lipinski definition) is 8. The average Bonchev–Trinajstić information content (AvgIpc) is 3.49. The van der Waals surface area contributed by atoms with E-state index in [2.05, 4.69) is 42.2 Å². The number of amides is 1. The largest absolute Gasteiger partial charge is 0.340 e. The van der Waals surface area contributed by atoms with Crippen molar-refractivity contribution in [2.45, 2.75) is 39.3 Å². The van der Waals surface area contributed by atoms with Crippen LogP contribution in [0.4, 0.5) is 11.8 Å². The Hall–Kier alpha value is -3.79. The van der Waals surface area contributed by atoms with Gasteiger partial charge in [0.2, 0.25) is 11.9 Å². The van der Waals surface area contributed by atoms with Crippen LogP contribution in [-0.4, -0.2) is 66.5 Å². The van der Waals surface area contributed by atoms with Gasteiger partial charge in [0, 0.05) is 49.9 Å². The summed E-state index contributed by atoms with van der Waals surface area (Å²) >= 11 is 0. The van der Waals surface area contributed by atoms with Gasteiger partial charge in [0.05, 0.1) is 11.0 Å². The summed E-state index contributed by atoms with van der Waals surface area (Å²) in [7, 11) is 0. The van der Waals surface area contributed by atoms with Crippen LogP contribution in [-0.2, 0) is 11.3 Å². The van der Waals surface area contributed by atoms with E-state index in [9.17, 15) is 4.79 Å². The van der Waals surface area contributed by atoms with Crippen molar-refractivity contribution in [2.24, 2.45) is 5.92 Å². The Kier molecular flexibility index (Phi) is 5.44. The van der Waals surface area contributed by atoms with Gasteiger partial charge in [-0.1, -0.05) is 5.16 Å². The number of imidazole rings is 1. The van der Waals surface area contributed by atoms with Gasteiger partial charge in [-0.3, -0.25) is 9.69 Å². The molecule has 180 valence electrons. The number of carbonyl (C=O) groups is 1. The molecule has 1 saturated carbocycles. The number of aromatic nitrogens is 5. The molecule has 0 unspecified atom stereocenters. The molecule has 1 amide bonds. The summed E-state index contributed by atoms with van der Waals surface area (Å²) in [5.74, 6) is 3.05. The summed E-state index contributed by atoms with van der Waals surface area (Å²) in [6.07, 6.45) is 3.93. The third-order valence-corrected chi connectivity index (χ3v) is 6.72. The topological polar surface area (TPSA) is 116 Å². The van der Waals surface area contributed by atoms with E-state index in [1.165, 1.54) is 5.56 Å². The second-order valence-corrected chi connectivity index (χ2v) is 9.52. The predicted octanol–water partition coefficient (Wildman–Crippen LogP) is 3.50. The number of nitrogens with one attached hydrogen (secondary N) is 2. The molecule has 0 bridgehead atoms. The highest BCUT2D eigenvalue weighted by Gasteiger charge is 2.36. The van der Waals surface area contributed by atoms with Crippen molar-refractivity contribution in [1.29, 1.82) is 0 Å². The lowest BCUT2D eigenvalue weighted by atomic mass is 10.1. The fourth-order valence-corrected chi connectivity index (χ4v) is 4.63. The highest BCUT2D eigenvalue weighted by molar-refractivity contribution is 5.82. The van der Waals surface area contributed by atoms with Crippen molar-refractivity contribution >= 4 is 28.7 Å². The number of pyridine rings is 1. The Balaban J connectivity index is 1.12. The van der Waals surface area contributed by atoms with Gasteiger partial charge in [-0.25, -0.2) is 9.97 Å². The quantitative estimate of drug-likeness (QED) is 0.438. The van der Waals surface area contributed by atoms with Crippen LogP contribution in [0.1, 0.15) is 31.2 Å². The first-order valence-electron chi connectivity index (χ1n) is 12.1. The van der Waals surface area contributed by atoms with E-state index in [4.69, 9.17) is 4.52 Å². The maximum absolute atomic E-state index is 12.4. The standard InChI is InChI=1S/C25H28N8O2/c1-15-13-33(24(34)18-3-4-18)10-9-32(15)14-17-7-8-26-22(11-17)30-25-28-20-6-5-19(12-21(20)29-25)23-27-16(2)31-35-23/h5-8,11-12,15,18H,3-4,9-10,13-14H2,1-2H3,(H2,26,28,29,30)/t15-/m1/s1. The van der Waals surface area contributed by atoms with E-state index in [0.717, 1.165) is 61.4 Å². The fraction of sp³-hybridized carbons (Fsp3) is 0.400. The summed E-state index contributed by atoms with van der Waals surface area (Å²) in [6.45, 7) is 7.30. The van der Waals surface area contributed by atoms with Crippen LogP contribution < -0.4 is 5.32 Å². The summed E-state index contributed by atoms with van der Waals surface area (Å²) < 4.78 is 5.27. The Morgan fingerprint density at radius 1 is 1.20 bits per heavy atom. The van der Waals surface area contributed by atoms with Gasteiger partial charge in [-0.15, -0.1) is 0 Å². The van der Waals surface area contributed by atoms with Crippen molar-refractivity contribution in [3.63, 3.8) is 0 Å². The molecule has 4 heterocycles. The Morgan fingerprint density at radius 2 is 2.09 bits per heavy atom. The van der Waals surface area contributed by atoms with Crippen molar-refractivity contribution < 1.29 is 9.32 Å². The number of fused-ring (bicyclic) bond motifs is 1. The van der Waals surface area contributed by atoms with Gasteiger partial charge in [-0.2, -0.15) is 4.98 Å². The Morgan fingerprint density at radius 3 is 2.86 bits per heavy atom. The van der Waals surface area contributed by atoms with Gasteiger partial charge in [0.25, 0.3) is 5.89 Å². The molecule has 2 aliphatic rings. The minimum atomic E-state index is 0.287. The van der Waals surface area contributed by atoms with E-state index >= 15 is 0 Å². The van der Waals surface area contributed by atoms with E-state index in [-0.39, 0.29) is 5.92 Å². The molecule has 35 heavy (non-hydrogen) atoms. The number of aryl methyl sites for hydroxylation is 1. The molecule has 4 aromatic rings. The zero-order valence-corrected chi connectivity index (χ0v) is 19.9. The normalized spacial score (nSPS) is 18.8. The number of hydrogen-bond donors (Lipinski definition) is 2. The first kappa shape index (κ1) is 21.7. The molecule has 1 aliphatic carbocycles. The monoisotopic (exact) mass is 472 g/mol. The van der Waals surface area contributed by atoms with E-state index in [0.29, 0.717) is 29.6 Å². The molecular formula is C25H28N8O2. The zero-order valence-electron chi connectivity index (χ0n) is 19.9. The minimum Gasteiger partial charge on any atom is -0.340 e. The SMILES string of the molecule is Cc1noc(-c2ccc3nc(Nc4cc(CN5CCN(C(=O)C6CC6)C[C@H]5C)ccn4)[nH]c3c2)n1. The second kappa shape index (κ2) is 8.77. The molecule has 10 heteroatoms. The molecular weight excluding hydrogens is 444 g/mol. The van der Waals surface area contributed by atoms with Gasteiger partial charge in [0.15, 0.2) is 5.82 Å². The Bertz CT molecular complexity index is 1370. The molecule has 3 aromatic heterocycles. The fourth-order valence-electron chi connectivity index (χ4n) is 4.63. The van der Waals surface area contributed by atoms with Crippen molar-refractivity contribution in [2.75, 3.05) is 25.0 Å². The van der Waals surface area contributed by atoms with E-state index < -0.39 is 0 Å². The summed E-state index contributed by atoms with van der Waals surface area (Å²) in [5, 5.41) is 7.14. The molecule has 1 saturated heterocycles. The smallest absolute Gasteiger partial charge is 0.257 e. The number of nitrogens with zero attached hydrogens (tertiary/aromatic N) is 6. The number of H-pyrrole nitrogens is 1. The van der Waals surface area contributed by atoms with Gasteiger partial charge >= 0.3 is 0 Å². The van der Waals surface area contributed by atoms with E-state index in [1.807, 2.05) is 41.4 Å². The van der Waals surface area contributed by atoms with Gasteiger partial charge in [0.1, 0.15) is 5.82 Å². The summed E-state index contributed by atoms with van der Waals surface area (Å²) in [5.41, 5.74) is 3.70. The molecule has 2 N–H and O–H groups in total. The second-order valence-electron chi connectivity index (χ2n) is 9.52. The molecule has 1 atom stereocenters. The average molecular weight is 473 g/mol. The van der Waals surface area contributed by atoms with Crippen LogP contribution in [0.3, 0.4) is 0 Å². The third-order valence-electron chi connectivity index (χ3n) is 6.72. The molecule has 1 aromatic carbocycles. The van der Waals surface area contributed by atoms with Crippen LogP contribution in [0, 0.1) is 12.8 Å². The first-order valence-corrected chi connectivity index (χ1v) is 12.1. The molecule has 0 radical (unpaired) electrons. The van der Waals surface area contributed by atoms with Crippen LogP contribution in [0.15, 0.2) is 41.1 Å². The number of piperazine rings is 1. The summed E-state index contributed by atoms with van der Waals surface area (Å²) in [6, 6.07) is 10.2. The predicted molar refractivity (Wildman–Crippen MR) is 131 cm³/mol. The molecule has 10 nitrogen and oxygen atoms in total. The lowest BCUT2D eigenvalue weighted by molar-refractivity contribution is -0.135. The highest BCUT2D eigenvalue weighted by atomic mass is 16.5. The lowest BCUT2D eigenvalue weighted by Gasteiger charge is -2.40. The van der Waals surface area contributed by atoms with Crippen molar-refractivity contribution in [1.82, 2.24) is 34.9 Å². The Labute approximate surface area is 202 Å². The molecule has 1 aliphatic heterocycles. The number of benzene rings is 1. The molecule has 0 spiro atoms. The highest BCUT2D eigenvalue weighted by Crippen LogP contribution is 2.32.